The maximum atomic E-state index is 12.0. The molecule has 0 saturated heterocycles. The van der Waals surface area contributed by atoms with Crippen LogP contribution in [-0.2, 0) is 24.0 Å². The molecule has 10 nitrogen and oxygen atoms in total. The van der Waals surface area contributed by atoms with Gasteiger partial charge in [-0.25, -0.2) is 4.79 Å². The van der Waals surface area contributed by atoms with Crippen LogP contribution in [-0.4, -0.2) is 58.5 Å². The fourth-order valence-electron chi connectivity index (χ4n) is 2.38. The van der Waals surface area contributed by atoms with Crippen LogP contribution >= 0.6 is 0 Å². The molecule has 0 aliphatic carbocycles. The molecule has 0 aliphatic heterocycles. The normalized spacial score (nSPS) is 13.7. The summed E-state index contributed by atoms with van der Waals surface area (Å²) in [5, 5.41) is 24.8. The molecule has 0 rings (SSSR count). The number of hydrogen-bond donors (Lipinski definition) is 5. The molecule has 0 saturated carbocycles. The number of carbonyl (C=O) groups excluding carboxylic acids is 3. The smallest absolute Gasteiger partial charge is 0.326 e. The predicted octanol–water partition coefficient (Wildman–Crippen LogP) is 0.258. The first-order chi connectivity index (χ1) is 13.1. The average molecular weight is 401 g/mol. The second kappa shape index (κ2) is 13.5. The third-order valence-electron chi connectivity index (χ3n) is 4.07. The summed E-state index contributed by atoms with van der Waals surface area (Å²) in [5.74, 6) is -3.93. The molecule has 0 aliphatic rings. The van der Waals surface area contributed by atoms with Gasteiger partial charge in [-0.15, -0.1) is 0 Å². The van der Waals surface area contributed by atoms with Crippen molar-refractivity contribution in [2.75, 3.05) is 6.54 Å². The van der Waals surface area contributed by atoms with Crippen molar-refractivity contribution in [2.24, 2.45) is 5.92 Å². The highest BCUT2D eigenvalue weighted by molar-refractivity contribution is 5.88. The molecule has 10 heteroatoms. The summed E-state index contributed by atoms with van der Waals surface area (Å²) in [4.78, 5) is 57.1. The van der Waals surface area contributed by atoms with Gasteiger partial charge in [0.25, 0.3) is 0 Å². The molecule has 0 aromatic rings. The van der Waals surface area contributed by atoms with Crippen LogP contribution < -0.4 is 16.0 Å². The van der Waals surface area contributed by atoms with Gasteiger partial charge in [0, 0.05) is 12.8 Å². The van der Waals surface area contributed by atoms with Crippen molar-refractivity contribution in [3.8, 4) is 0 Å². The first kappa shape index (κ1) is 25.4. The summed E-state index contributed by atoms with van der Waals surface area (Å²) >= 11 is 0. The van der Waals surface area contributed by atoms with Gasteiger partial charge in [-0.2, -0.15) is 0 Å². The van der Waals surface area contributed by atoms with E-state index < -0.39 is 42.4 Å². The van der Waals surface area contributed by atoms with Crippen molar-refractivity contribution in [3.05, 3.63) is 0 Å². The Balaban J connectivity index is 4.31. The van der Waals surface area contributed by atoms with E-state index in [0.29, 0.717) is 0 Å². The average Bonchev–Trinajstić information content (AvgIpc) is 2.61. The minimum Gasteiger partial charge on any atom is -0.480 e. The molecule has 28 heavy (non-hydrogen) atoms. The highest BCUT2D eigenvalue weighted by Crippen LogP contribution is 2.12. The Morgan fingerprint density at radius 1 is 0.857 bits per heavy atom. The highest BCUT2D eigenvalue weighted by atomic mass is 16.4. The number of carboxylic acids is 2. The molecular formula is C18H31N3O7. The van der Waals surface area contributed by atoms with Crippen LogP contribution in [0.4, 0.5) is 0 Å². The largest absolute Gasteiger partial charge is 0.480 e. The molecule has 0 spiro atoms. The zero-order valence-corrected chi connectivity index (χ0v) is 16.6. The lowest BCUT2D eigenvalue weighted by Crippen LogP contribution is -2.45. The lowest BCUT2D eigenvalue weighted by Gasteiger charge is -2.16. The Hall–Kier alpha value is -2.65. The van der Waals surface area contributed by atoms with Crippen LogP contribution in [0.3, 0.4) is 0 Å². The minimum absolute atomic E-state index is 0.122. The molecule has 3 atom stereocenters. The maximum absolute atomic E-state index is 12.0. The summed E-state index contributed by atoms with van der Waals surface area (Å²) in [6.07, 6.45) is 2.79. The van der Waals surface area contributed by atoms with E-state index >= 15 is 0 Å². The quantitative estimate of drug-likeness (QED) is 0.279. The van der Waals surface area contributed by atoms with Crippen LogP contribution in [0.2, 0.25) is 0 Å². The number of amides is 3. The fourth-order valence-corrected chi connectivity index (χ4v) is 2.38. The molecule has 0 radical (unpaired) electrons. The summed E-state index contributed by atoms with van der Waals surface area (Å²) in [6, 6.07) is -2.28. The van der Waals surface area contributed by atoms with Crippen LogP contribution in [0.1, 0.15) is 59.3 Å². The fraction of sp³-hybridized carbons (Fsp3) is 0.722. The number of carbonyl (C=O) groups is 5. The molecule has 0 bridgehead atoms. The minimum atomic E-state index is -1.24. The van der Waals surface area contributed by atoms with Crippen LogP contribution in [0, 0.1) is 5.92 Å². The molecule has 0 unspecified atom stereocenters. The van der Waals surface area contributed by atoms with E-state index in [0.717, 1.165) is 19.3 Å². The number of rotatable bonds is 14. The van der Waals surface area contributed by atoms with Gasteiger partial charge in [-0.1, -0.05) is 33.1 Å². The Kier molecular flexibility index (Phi) is 12.2. The molecular weight excluding hydrogens is 370 g/mol. The van der Waals surface area contributed by atoms with E-state index in [-0.39, 0.29) is 31.1 Å². The summed E-state index contributed by atoms with van der Waals surface area (Å²) < 4.78 is 0. The van der Waals surface area contributed by atoms with Crippen LogP contribution in [0.25, 0.3) is 0 Å². The van der Waals surface area contributed by atoms with Crippen molar-refractivity contribution in [2.45, 2.75) is 71.4 Å². The number of carboxylic acid groups (broad SMARTS) is 2. The van der Waals surface area contributed by atoms with Crippen molar-refractivity contribution in [1.29, 1.82) is 0 Å². The van der Waals surface area contributed by atoms with Gasteiger partial charge in [0.05, 0.1) is 6.54 Å². The van der Waals surface area contributed by atoms with E-state index in [2.05, 4.69) is 22.9 Å². The molecule has 3 amide bonds. The molecule has 0 aromatic carbocycles. The van der Waals surface area contributed by atoms with Gasteiger partial charge < -0.3 is 26.2 Å². The Morgan fingerprint density at radius 2 is 1.50 bits per heavy atom. The monoisotopic (exact) mass is 401 g/mol. The second-order valence-electron chi connectivity index (χ2n) is 6.85. The molecule has 0 heterocycles. The van der Waals surface area contributed by atoms with Gasteiger partial charge in [0.2, 0.25) is 17.7 Å². The predicted molar refractivity (Wildman–Crippen MR) is 100 cm³/mol. The molecule has 5 N–H and O–H groups in total. The maximum Gasteiger partial charge on any atom is 0.326 e. The van der Waals surface area contributed by atoms with E-state index in [4.69, 9.17) is 5.11 Å². The van der Waals surface area contributed by atoms with Crippen LogP contribution in [0.5, 0.6) is 0 Å². The summed E-state index contributed by atoms with van der Waals surface area (Å²) in [7, 11) is 0. The topological polar surface area (TPSA) is 162 Å². The standard InChI is InChI=1S/C18H31N3O7/c1-4-5-6-11(2)9-15(23)21-13(18(27)28)7-8-14(22)19-10-16(24)20-12(3)17(25)26/h11-13H,4-10H2,1-3H3,(H,19,22)(H,20,24)(H,21,23)(H,25,26)(H,27,28)/t11-,12+,13+/m0/s1. The zero-order valence-electron chi connectivity index (χ0n) is 16.6. The Bertz CT molecular complexity index is 565. The SMILES string of the molecule is CCCC[C@H](C)CC(=O)N[C@H](CCC(=O)NCC(=O)N[C@H](C)C(=O)O)C(=O)O. The van der Waals surface area contributed by atoms with Gasteiger partial charge in [0.1, 0.15) is 12.1 Å². The van der Waals surface area contributed by atoms with Gasteiger partial charge in [-0.3, -0.25) is 19.2 Å². The molecule has 0 aromatic heterocycles. The van der Waals surface area contributed by atoms with Crippen molar-refractivity contribution in [1.82, 2.24) is 16.0 Å². The first-order valence-corrected chi connectivity index (χ1v) is 9.37. The molecule has 0 fully saturated rings. The van der Waals surface area contributed by atoms with Gasteiger partial charge >= 0.3 is 11.9 Å². The third-order valence-corrected chi connectivity index (χ3v) is 4.07. The zero-order chi connectivity index (χ0) is 21.7. The van der Waals surface area contributed by atoms with E-state index in [1.54, 1.807) is 0 Å². The highest BCUT2D eigenvalue weighted by Gasteiger charge is 2.22. The van der Waals surface area contributed by atoms with Gasteiger partial charge in [0.15, 0.2) is 0 Å². The van der Waals surface area contributed by atoms with Crippen molar-refractivity contribution in [3.63, 3.8) is 0 Å². The third kappa shape index (κ3) is 11.9. The first-order valence-electron chi connectivity index (χ1n) is 9.37. The van der Waals surface area contributed by atoms with E-state index in [9.17, 15) is 29.1 Å². The van der Waals surface area contributed by atoms with Gasteiger partial charge in [-0.05, 0) is 19.3 Å². The van der Waals surface area contributed by atoms with E-state index in [1.165, 1.54) is 6.92 Å². The number of unbranched alkanes of at least 4 members (excludes halogenated alkanes) is 1. The lowest BCUT2D eigenvalue weighted by atomic mass is 10.00. The second-order valence-corrected chi connectivity index (χ2v) is 6.85. The number of hydrogen-bond acceptors (Lipinski definition) is 5. The Morgan fingerprint density at radius 3 is 2.04 bits per heavy atom. The number of aliphatic carboxylic acids is 2. The molecule has 160 valence electrons. The number of nitrogens with one attached hydrogen (secondary N) is 3. The lowest BCUT2D eigenvalue weighted by molar-refractivity contribution is -0.142. The van der Waals surface area contributed by atoms with Crippen LogP contribution in [0.15, 0.2) is 0 Å². The van der Waals surface area contributed by atoms with Crippen molar-refractivity contribution < 1.29 is 34.2 Å². The van der Waals surface area contributed by atoms with E-state index in [1.807, 2.05) is 6.92 Å². The summed E-state index contributed by atoms with van der Waals surface area (Å²) in [5.41, 5.74) is 0. The van der Waals surface area contributed by atoms with Crippen molar-refractivity contribution >= 4 is 29.7 Å². The summed E-state index contributed by atoms with van der Waals surface area (Å²) in [6.45, 7) is 4.84. The Labute approximate surface area is 164 Å².